The molecule has 0 saturated carbocycles. The second kappa shape index (κ2) is 17.3. The van der Waals surface area contributed by atoms with E-state index in [1.54, 1.807) is 0 Å². The van der Waals surface area contributed by atoms with Crippen molar-refractivity contribution in [1.82, 2.24) is 8.80 Å². The topological polar surface area (TPSA) is 8.82 Å². The van der Waals surface area contributed by atoms with Gasteiger partial charge in [-0.1, -0.05) is 223 Å². The van der Waals surface area contributed by atoms with Gasteiger partial charge in [0.15, 0.2) is 0 Å². The molecule has 2 heteroatoms. The molecule has 0 fully saturated rings. The van der Waals surface area contributed by atoms with E-state index in [1.807, 2.05) is 0 Å². The minimum absolute atomic E-state index is 0.00773. The number of benzene rings is 11. The van der Waals surface area contributed by atoms with Gasteiger partial charge in [-0.2, -0.15) is 0 Å². The molecule has 0 bridgehead atoms. The Bertz CT molecular complexity index is 4940. The smallest absolute Gasteiger partial charge is 0.0620 e. The highest BCUT2D eigenvalue weighted by atomic mass is 14.9. The van der Waals surface area contributed by atoms with Crippen LogP contribution in [0.15, 0.2) is 194 Å². The second-order valence-corrected chi connectivity index (χ2v) is 27.1. The van der Waals surface area contributed by atoms with Crippen LogP contribution < -0.4 is 0 Å². The molecule has 2 nitrogen and oxygen atoms in total. The number of nitrogens with zero attached hydrogens (tertiary/aromatic N) is 2. The fourth-order valence-electron chi connectivity index (χ4n) is 14.2. The number of aromatic nitrogens is 2. The quantitative estimate of drug-likeness (QED) is 0.147. The van der Waals surface area contributed by atoms with Crippen LogP contribution >= 0.6 is 0 Å². The zero-order valence-corrected chi connectivity index (χ0v) is 49.0. The molecule has 0 radical (unpaired) electrons. The minimum atomic E-state index is -0.111. The van der Waals surface area contributed by atoms with Crippen molar-refractivity contribution in [3.8, 4) is 44.5 Å². The molecule has 0 N–H and O–H groups in total. The van der Waals surface area contributed by atoms with Crippen molar-refractivity contribution in [3.63, 3.8) is 0 Å². The zero-order valence-electron chi connectivity index (χ0n) is 49.0. The Hall–Kier alpha value is -8.46. The molecule has 0 aliphatic rings. The summed E-state index contributed by atoms with van der Waals surface area (Å²) in [5.74, 6) is 0.951. The summed E-state index contributed by atoms with van der Waals surface area (Å²) in [4.78, 5) is 0. The molecule has 0 saturated heterocycles. The first kappa shape index (κ1) is 49.6. The Morgan fingerprint density at radius 3 is 1.14 bits per heavy atom. The maximum absolute atomic E-state index is 2.67. The molecule has 0 amide bonds. The van der Waals surface area contributed by atoms with Crippen LogP contribution in [0.3, 0.4) is 0 Å². The number of hydrogen-bond donors (Lipinski definition) is 0. The third-order valence-corrected chi connectivity index (χ3v) is 18.8. The van der Waals surface area contributed by atoms with E-state index in [2.05, 4.69) is 286 Å². The van der Waals surface area contributed by atoms with Gasteiger partial charge in [0, 0.05) is 48.7 Å². The fraction of sp³-hybridized carbons (Fsp3) is 0.215. The summed E-state index contributed by atoms with van der Waals surface area (Å²) in [6.07, 6.45) is 0. The Morgan fingerprint density at radius 2 is 0.691 bits per heavy atom. The van der Waals surface area contributed by atoms with Crippen LogP contribution in [-0.2, 0) is 16.2 Å². The molecule has 11 aromatic carbocycles. The van der Waals surface area contributed by atoms with Gasteiger partial charge in [-0.25, -0.2) is 0 Å². The Morgan fingerprint density at radius 1 is 0.296 bits per heavy atom. The molecule has 396 valence electrons. The highest BCUT2D eigenvalue weighted by Gasteiger charge is 2.33. The average Bonchev–Trinajstić information content (AvgIpc) is 3.84. The summed E-state index contributed by atoms with van der Waals surface area (Å²) in [5.41, 5.74) is 22.8. The van der Waals surface area contributed by atoms with Crippen molar-refractivity contribution in [2.24, 2.45) is 5.92 Å². The van der Waals surface area contributed by atoms with E-state index in [0.717, 1.165) is 0 Å². The third-order valence-electron chi connectivity index (χ3n) is 18.8. The summed E-state index contributed by atoms with van der Waals surface area (Å²) in [5, 5.41) is 15.6. The standard InChI is InChI=1S/C79H70N2/c1-45(2)46(3)49-34-36-65-59(38-49)61-40-51(78(7,8)9)42-63-72-67(80(65)75(61)63)44-68-73(64-43-52(79(10,11)12)41-62-60-39-50(77(4,5)6)35-37-66(60)81(68)76(62)64)74(72)71-57-30-21-19-28-55(57)70(56-29-20-22-31-58(56)71)69-53(47-24-15-13-16-25-47)32-23-33-54(69)48-26-17-14-18-27-48/h13-46H,1-12H3. The first-order valence-electron chi connectivity index (χ1n) is 29.5. The summed E-state index contributed by atoms with van der Waals surface area (Å²) in [6, 6.07) is 75.3. The van der Waals surface area contributed by atoms with Gasteiger partial charge in [0.1, 0.15) is 0 Å². The fourth-order valence-corrected chi connectivity index (χ4v) is 14.2. The van der Waals surface area contributed by atoms with Crippen molar-refractivity contribution >= 4 is 97.7 Å². The maximum Gasteiger partial charge on any atom is 0.0620 e. The molecule has 0 aliphatic carbocycles. The van der Waals surface area contributed by atoms with Crippen molar-refractivity contribution < 1.29 is 0 Å². The van der Waals surface area contributed by atoms with Gasteiger partial charge in [-0.3, -0.25) is 0 Å². The number of rotatable bonds is 6. The Kier molecular flexibility index (Phi) is 10.6. The van der Waals surface area contributed by atoms with Gasteiger partial charge in [0.05, 0.1) is 33.1 Å². The van der Waals surface area contributed by atoms with Gasteiger partial charge >= 0.3 is 0 Å². The zero-order chi connectivity index (χ0) is 55.8. The molecular weight excluding hydrogens is 977 g/mol. The van der Waals surface area contributed by atoms with E-state index in [4.69, 9.17) is 0 Å². The lowest BCUT2D eigenvalue weighted by Crippen LogP contribution is -2.11. The normalized spacial score (nSPS) is 13.5. The van der Waals surface area contributed by atoms with Crippen LogP contribution in [-0.4, -0.2) is 8.80 Å². The average molecular weight is 1050 g/mol. The molecule has 1 unspecified atom stereocenters. The van der Waals surface area contributed by atoms with Crippen LogP contribution in [0.4, 0.5) is 0 Å². The summed E-state index contributed by atoms with van der Waals surface area (Å²) >= 11 is 0. The van der Waals surface area contributed by atoms with Crippen LogP contribution in [0.5, 0.6) is 0 Å². The number of hydrogen-bond acceptors (Lipinski definition) is 0. The minimum Gasteiger partial charge on any atom is -0.308 e. The first-order valence-corrected chi connectivity index (χ1v) is 29.5. The molecule has 15 aromatic rings. The molecule has 0 aliphatic heterocycles. The molecule has 4 aromatic heterocycles. The van der Waals surface area contributed by atoms with E-state index in [9.17, 15) is 0 Å². The van der Waals surface area contributed by atoms with Crippen molar-refractivity contribution in [3.05, 3.63) is 216 Å². The van der Waals surface area contributed by atoms with Crippen LogP contribution in [0, 0.1) is 5.92 Å². The van der Waals surface area contributed by atoms with Crippen molar-refractivity contribution in [2.45, 2.75) is 105 Å². The van der Waals surface area contributed by atoms with Gasteiger partial charge in [0.25, 0.3) is 0 Å². The van der Waals surface area contributed by atoms with E-state index < -0.39 is 0 Å². The van der Waals surface area contributed by atoms with E-state index in [1.165, 1.54) is 164 Å². The van der Waals surface area contributed by atoms with Gasteiger partial charge in [-0.05, 0) is 165 Å². The van der Waals surface area contributed by atoms with Gasteiger partial charge < -0.3 is 8.80 Å². The summed E-state index contributed by atoms with van der Waals surface area (Å²) in [6.45, 7) is 28.5. The second-order valence-electron chi connectivity index (χ2n) is 27.1. The van der Waals surface area contributed by atoms with E-state index in [0.29, 0.717) is 11.8 Å². The van der Waals surface area contributed by atoms with Crippen LogP contribution in [0.1, 0.15) is 111 Å². The lowest BCUT2D eigenvalue weighted by Gasteiger charge is -2.23. The predicted octanol–water partition coefficient (Wildman–Crippen LogP) is 22.6. The highest BCUT2D eigenvalue weighted by Crippen LogP contribution is 2.56. The summed E-state index contributed by atoms with van der Waals surface area (Å²) in [7, 11) is 0. The predicted molar refractivity (Wildman–Crippen MR) is 352 cm³/mol. The molecule has 81 heavy (non-hydrogen) atoms. The molecule has 4 heterocycles. The SMILES string of the molecule is CC(C)C(C)c1ccc2c(c1)c1cc(C(C)(C)C)cc3c4c(-c5c6ccccc6c(-c6c(-c7ccccc7)cccc6-c6ccccc6)c6ccccc56)c5c6cc(C(C)(C)C)cc7c8cc(C(C)(C)C)ccc8n(c5cc4n2c13)c76. The molecule has 0 spiro atoms. The van der Waals surface area contributed by atoms with Crippen LogP contribution in [0.2, 0.25) is 0 Å². The monoisotopic (exact) mass is 1050 g/mol. The van der Waals surface area contributed by atoms with E-state index >= 15 is 0 Å². The van der Waals surface area contributed by atoms with Gasteiger partial charge in [-0.15, -0.1) is 0 Å². The highest BCUT2D eigenvalue weighted by molar-refractivity contribution is 6.38. The Labute approximate surface area is 476 Å². The molecular formula is C79H70N2. The van der Waals surface area contributed by atoms with Gasteiger partial charge in [0.2, 0.25) is 0 Å². The largest absolute Gasteiger partial charge is 0.308 e. The lowest BCUT2D eigenvalue weighted by molar-refractivity contribution is 0.535. The lowest BCUT2D eigenvalue weighted by atomic mass is 9.79. The van der Waals surface area contributed by atoms with Crippen molar-refractivity contribution in [1.29, 1.82) is 0 Å². The first-order chi connectivity index (χ1) is 38.9. The van der Waals surface area contributed by atoms with E-state index in [-0.39, 0.29) is 16.2 Å². The summed E-state index contributed by atoms with van der Waals surface area (Å²) < 4.78 is 5.33. The van der Waals surface area contributed by atoms with Crippen molar-refractivity contribution in [2.75, 3.05) is 0 Å². The maximum atomic E-state index is 2.67. The third kappa shape index (κ3) is 7.18. The molecule has 1 atom stereocenters. The Balaban J connectivity index is 1.21. The van der Waals surface area contributed by atoms with Crippen LogP contribution in [0.25, 0.3) is 142 Å². The number of fused-ring (bicyclic) bond motifs is 14. The molecule has 15 rings (SSSR count).